The molecule has 0 radical (unpaired) electrons. The molecule has 0 bridgehead atoms. The number of fused-ring (bicyclic) bond motifs is 1. The molecule has 5 aromatic rings. The number of hydrogen-bond donors (Lipinski definition) is 4. The van der Waals surface area contributed by atoms with Crippen molar-refractivity contribution in [2.75, 3.05) is 12.4 Å². The highest BCUT2D eigenvalue weighted by molar-refractivity contribution is 6.42. The lowest BCUT2D eigenvalue weighted by molar-refractivity contribution is 0.0941. The minimum Gasteiger partial charge on any atom is -0.386 e. The molecular formula is C24H17Cl2FN8O3. The third-order valence-electron chi connectivity index (χ3n) is 5.81. The molecule has 192 valence electrons. The number of hydrogen-bond acceptors (Lipinski definition) is 7. The van der Waals surface area contributed by atoms with Gasteiger partial charge in [0.1, 0.15) is 11.9 Å². The van der Waals surface area contributed by atoms with Crippen molar-refractivity contribution in [1.29, 1.82) is 0 Å². The van der Waals surface area contributed by atoms with Gasteiger partial charge in [0, 0.05) is 12.6 Å². The molecule has 1 amide bonds. The fraction of sp³-hybridized carbons (Fsp3) is 0.0833. The summed E-state index contributed by atoms with van der Waals surface area (Å²) in [5.41, 5.74) is -0.129. The average molecular weight is 555 g/mol. The fourth-order valence-electron chi connectivity index (χ4n) is 3.92. The Hall–Kier alpha value is -4.55. The maximum absolute atomic E-state index is 14.3. The number of aromatic nitrogens is 6. The van der Waals surface area contributed by atoms with E-state index in [4.69, 9.17) is 23.2 Å². The third kappa shape index (κ3) is 4.62. The number of carbonyl (C=O) groups excluding carboxylic acids is 1. The van der Waals surface area contributed by atoms with Crippen LogP contribution in [0.25, 0.3) is 16.6 Å². The molecule has 38 heavy (non-hydrogen) atoms. The first kappa shape index (κ1) is 25.1. The van der Waals surface area contributed by atoms with Gasteiger partial charge in [-0.2, -0.15) is 5.21 Å². The highest BCUT2D eigenvalue weighted by Gasteiger charge is 2.23. The summed E-state index contributed by atoms with van der Waals surface area (Å²) in [7, 11) is 1.52. The number of tetrazole rings is 1. The monoisotopic (exact) mass is 554 g/mol. The van der Waals surface area contributed by atoms with E-state index < -0.39 is 29.0 Å². The molecule has 0 aliphatic heterocycles. The van der Waals surface area contributed by atoms with E-state index in [9.17, 15) is 18.8 Å². The minimum atomic E-state index is -0.806. The van der Waals surface area contributed by atoms with Crippen LogP contribution in [0.3, 0.4) is 0 Å². The number of carbonyl (C=O) groups is 1. The lowest BCUT2D eigenvalue weighted by Gasteiger charge is -2.17. The van der Waals surface area contributed by atoms with Gasteiger partial charge in [-0.15, -0.1) is 10.2 Å². The van der Waals surface area contributed by atoms with E-state index >= 15 is 0 Å². The Morgan fingerprint density at radius 1 is 1.05 bits per heavy atom. The van der Waals surface area contributed by atoms with E-state index in [-0.39, 0.29) is 38.7 Å². The first-order valence-corrected chi connectivity index (χ1v) is 11.8. The molecule has 0 aliphatic rings. The van der Waals surface area contributed by atoms with Crippen molar-refractivity contribution in [2.45, 2.75) is 6.04 Å². The highest BCUT2D eigenvalue weighted by Crippen LogP contribution is 2.28. The van der Waals surface area contributed by atoms with E-state index in [0.717, 1.165) is 10.6 Å². The van der Waals surface area contributed by atoms with Gasteiger partial charge < -0.3 is 15.6 Å². The first-order chi connectivity index (χ1) is 18.3. The van der Waals surface area contributed by atoms with Crippen molar-refractivity contribution in [1.82, 2.24) is 35.5 Å². The Bertz CT molecular complexity index is 1790. The molecule has 2 heterocycles. The first-order valence-electron chi connectivity index (χ1n) is 11.0. The zero-order valence-electron chi connectivity index (χ0n) is 19.4. The largest absolute Gasteiger partial charge is 0.386 e. The molecule has 14 heteroatoms. The van der Waals surface area contributed by atoms with Gasteiger partial charge in [-0.1, -0.05) is 34.5 Å². The van der Waals surface area contributed by atoms with Crippen molar-refractivity contribution in [3.05, 3.63) is 108 Å². The van der Waals surface area contributed by atoms with Gasteiger partial charge in [-0.05, 0) is 54.1 Å². The second kappa shape index (κ2) is 10.1. The van der Waals surface area contributed by atoms with Crippen LogP contribution < -0.4 is 21.9 Å². The van der Waals surface area contributed by atoms with Gasteiger partial charge in [-0.3, -0.25) is 9.59 Å². The van der Waals surface area contributed by atoms with Crippen molar-refractivity contribution < 1.29 is 9.18 Å². The smallest absolute Gasteiger partial charge is 0.333 e. The molecule has 0 saturated carbocycles. The Morgan fingerprint density at radius 2 is 1.82 bits per heavy atom. The predicted molar refractivity (Wildman–Crippen MR) is 140 cm³/mol. The molecule has 4 N–H and O–H groups in total. The zero-order chi connectivity index (χ0) is 27.0. The number of nitrogens with one attached hydrogen (secondary N) is 4. The number of nitrogens with zero attached hydrogens (tertiary/aromatic N) is 4. The minimum absolute atomic E-state index is 0.00695. The van der Waals surface area contributed by atoms with Crippen LogP contribution in [-0.4, -0.2) is 43.1 Å². The Labute approximate surface area is 222 Å². The second-order valence-electron chi connectivity index (χ2n) is 8.10. The van der Waals surface area contributed by atoms with Gasteiger partial charge >= 0.3 is 5.69 Å². The Balaban J connectivity index is 1.46. The molecule has 1 atom stereocenters. The predicted octanol–water partition coefficient (Wildman–Crippen LogP) is 3.20. The molecule has 0 saturated heterocycles. The number of anilines is 1. The molecular weight excluding hydrogens is 538 g/mol. The summed E-state index contributed by atoms with van der Waals surface area (Å²) in [6, 6.07) is 12.2. The average Bonchev–Trinajstić information content (AvgIpc) is 3.44. The van der Waals surface area contributed by atoms with E-state index in [2.05, 4.69) is 36.2 Å². The Kier molecular flexibility index (Phi) is 6.66. The summed E-state index contributed by atoms with van der Waals surface area (Å²) in [4.78, 5) is 41.4. The summed E-state index contributed by atoms with van der Waals surface area (Å²) < 4.78 is 15.1. The van der Waals surface area contributed by atoms with Crippen molar-refractivity contribution in [2.24, 2.45) is 0 Å². The standard InChI is InChI=1S/C24H17Cl2FN8O3/c1-28-19-10-18-14(9-17(19)27)23(37)35(24(38)29-18)13-5-2-11(3-6-13)22(36)30-20(21-31-33-34-32-21)12-4-7-15(25)16(26)8-12/h2-10,20,28H,1H3,(H,29,38)(H,30,36)(H,31,32,33,34). The van der Waals surface area contributed by atoms with Gasteiger partial charge in [0.15, 0.2) is 0 Å². The summed E-state index contributed by atoms with van der Waals surface area (Å²) >= 11 is 12.2. The Morgan fingerprint density at radius 3 is 2.47 bits per heavy atom. The van der Waals surface area contributed by atoms with Crippen LogP contribution in [0.5, 0.6) is 0 Å². The van der Waals surface area contributed by atoms with Crippen LogP contribution in [0.15, 0.2) is 64.2 Å². The molecule has 11 nitrogen and oxygen atoms in total. The van der Waals surface area contributed by atoms with Gasteiger partial charge in [0.2, 0.25) is 5.82 Å². The molecule has 3 aromatic carbocycles. The molecule has 2 aromatic heterocycles. The number of benzene rings is 3. The zero-order valence-corrected chi connectivity index (χ0v) is 20.9. The van der Waals surface area contributed by atoms with Crippen molar-refractivity contribution in [3.63, 3.8) is 0 Å². The van der Waals surface area contributed by atoms with Crippen LogP contribution >= 0.6 is 23.2 Å². The lowest BCUT2D eigenvalue weighted by atomic mass is 10.1. The SMILES string of the molecule is CNc1cc2[nH]c(=O)n(-c3ccc(C(=O)NC(c4ccc(Cl)c(Cl)c4)c4nn[nH]n4)cc3)c(=O)c2cc1F. The number of rotatable bonds is 6. The van der Waals surface area contributed by atoms with E-state index in [1.54, 1.807) is 18.2 Å². The topological polar surface area (TPSA) is 150 Å². The molecule has 5 rings (SSSR count). The van der Waals surface area contributed by atoms with Crippen molar-refractivity contribution in [3.8, 4) is 5.69 Å². The molecule has 0 fully saturated rings. The summed E-state index contributed by atoms with van der Waals surface area (Å²) in [6.07, 6.45) is 0. The van der Waals surface area contributed by atoms with Gasteiger partial charge in [0.05, 0.1) is 32.3 Å². The molecule has 0 aliphatic carbocycles. The quantitative estimate of drug-likeness (QED) is 0.251. The normalized spacial score (nSPS) is 11.9. The van der Waals surface area contributed by atoms with Crippen LogP contribution in [0.1, 0.15) is 27.8 Å². The van der Waals surface area contributed by atoms with Crippen LogP contribution in [0.4, 0.5) is 10.1 Å². The number of halogens is 3. The van der Waals surface area contributed by atoms with Crippen molar-refractivity contribution >= 4 is 45.7 Å². The number of H-pyrrole nitrogens is 2. The molecule has 1 unspecified atom stereocenters. The third-order valence-corrected chi connectivity index (χ3v) is 6.55. The van der Waals surface area contributed by atoms with Crippen LogP contribution in [0.2, 0.25) is 10.0 Å². The maximum atomic E-state index is 14.3. The van der Waals surface area contributed by atoms with E-state index in [1.165, 1.54) is 37.4 Å². The summed E-state index contributed by atoms with van der Waals surface area (Å²) in [5.74, 6) is -0.948. The van der Waals surface area contributed by atoms with Crippen LogP contribution in [0, 0.1) is 5.82 Å². The van der Waals surface area contributed by atoms with Crippen LogP contribution in [-0.2, 0) is 0 Å². The summed E-state index contributed by atoms with van der Waals surface area (Å²) in [5, 5.41) is 19.9. The van der Waals surface area contributed by atoms with Gasteiger partial charge in [-0.25, -0.2) is 13.8 Å². The highest BCUT2D eigenvalue weighted by atomic mass is 35.5. The fourth-order valence-corrected chi connectivity index (χ4v) is 4.23. The lowest BCUT2D eigenvalue weighted by Crippen LogP contribution is -2.34. The summed E-state index contributed by atoms with van der Waals surface area (Å²) in [6.45, 7) is 0. The van der Waals surface area contributed by atoms with E-state index in [0.29, 0.717) is 10.6 Å². The second-order valence-corrected chi connectivity index (χ2v) is 8.91. The maximum Gasteiger partial charge on any atom is 0.333 e. The number of amides is 1. The van der Waals surface area contributed by atoms with Gasteiger partial charge in [0.25, 0.3) is 11.5 Å². The van der Waals surface area contributed by atoms with E-state index in [1.807, 2.05) is 0 Å². The molecule has 0 spiro atoms. The number of aromatic amines is 2.